The van der Waals surface area contributed by atoms with E-state index in [0.717, 1.165) is 16.8 Å². The van der Waals surface area contributed by atoms with Crippen molar-refractivity contribution in [1.29, 1.82) is 0 Å². The van der Waals surface area contributed by atoms with Crippen molar-refractivity contribution in [2.45, 2.75) is 44.6 Å². The number of sulfonamides is 1. The number of nitrogens with one attached hydrogen (secondary N) is 2. The fraction of sp³-hybridized carbons (Fsp3) is 0.391. The number of aryl methyl sites for hydroxylation is 2. The van der Waals surface area contributed by atoms with E-state index in [1.807, 2.05) is 32.0 Å². The minimum atomic E-state index is -3.75. The fourth-order valence-corrected chi connectivity index (χ4v) is 5.59. The topological polar surface area (TPSA) is 105 Å². The molecule has 8 nitrogen and oxygen atoms in total. The molecule has 1 saturated heterocycles. The van der Waals surface area contributed by atoms with E-state index in [9.17, 15) is 18.0 Å². The number of benzene rings is 2. The van der Waals surface area contributed by atoms with Crippen LogP contribution in [0.1, 0.15) is 30.9 Å². The summed E-state index contributed by atoms with van der Waals surface area (Å²) in [4.78, 5) is 24.7. The van der Waals surface area contributed by atoms with Crippen LogP contribution in [0.25, 0.3) is 0 Å². The van der Waals surface area contributed by atoms with E-state index < -0.39 is 16.1 Å². The molecule has 2 aromatic carbocycles. The van der Waals surface area contributed by atoms with E-state index in [2.05, 4.69) is 10.6 Å². The van der Waals surface area contributed by atoms with Crippen molar-refractivity contribution in [2.75, 3.05) is 23.7 Å². The Morgan fingerprint density at radius 2 is 1.78 bits per heavy atom. The fourth-order valence-electron chi connectivity index (χ4n) is 4.09. The van der Waals surface area contributed by atoms with Crippen LogP contribution in [-0.2, 0) is 19.6 Å². The molecule has 2 aliphatic rings. The van der Waals surface area contributed by atoms with Crippen LogP contribution in [0.2, 0.25) is 0 Å². The smallest absolute Gasteiger partial charge is 0.265 e. The van der Waals surface area contributed by atoms with E-state index in [1.54, 1.807) is 13.0 Å². The molecule has 0 radical (unpaired) electrons. The largest absolute Gasteiger partial charge is 0.479 e. The van der Waals surface area contributed by atoms with Crippen molar-refractivity contribution in [3.63, 3.8) is 0 Å². The van der Waals surface area contributed by atoms with Crippen molar-refractivity contribution in [3.05, 3.63) is 47.5 Å². The molecule has 2 heterocycles. The molecule has 0 saturated carbocycles. The normalized spacial score (nSPS) is 19.6. The molecule has 0 aromatic heterocycles. The zero-order valence-electron chi connectivity index (χ0n) is 18.3. The van der Waals surface area contributed by atoms with Gasteiger partial charge in [-0.05, 0) is 62.9 Å². The van der Waals surface area contributed by atoms with Crippen molar-refractivity contribution in [3.8, 4) is 5.75 Å². The molecule has 0 bridgehead atoms. The molecule has 170 valence electrons. The Balaban J connectivity index is 1.43. The van der Waals surface area contributed by atoms with E-state index in [1.165, 1.54) is 16.4 Å². The summed E-state index contributed by atoms with van der Waals surface area (Å²) in [5, 5.41) is 5.69. The number of rotatable bonds is 4. The van der Waals surface area contributed by atoms with E-state index in [0.29, 0.717) is 24.3 Å². The molecule has 2 amide bonds. The molecule has 0 aliphatic carbocycles. The molecule has 0 spiro atoms. The molecular weight excluding hydrogens is 430 g/mol. The summed E-state index contributed by atoms with van der Waals surface area (Å²) in [6, 6.07) is 10.3. The second kappa shape index (κ2) is 8.55. The summed E-state index contributed by atoms with van der Waals surface area (Å²) < 4.78 is 33.2. The van der Waals surface area contributed by atoms with Gasteiger partial charge in [0.05, 0.1) is 10.6 Å². The first kappa shape index (κ1) is 22.3. The molecule has 1 atom stereocenters. The zero-order chi connectivity index (χ0) is 23.0. The molecule has 2 aromatic rings. The first-order valence-corrected chi connectivity index (χ1v) is 12.1. The van der Waals surface area contributed by atoms with Gasteiger partial charge in [0.1, 0.15) is 5.75 Å². The first-order valence-electron chi connectivity index (χ1n) is 10.7. The molecule has 9 heteroatoms. The van der Waals surface area contributed by atoms with Crippen LogP contribution in [0.5, 0.6) is 5.75 Å². The molecule has 1 unspecified atom stereocenters. The van der Waals surface area contributed by atoms with E-state index >= 15 is 0 Å². The number of amides is 2. The van der Waals surface area contributed by atoms with Crippen molar-refractivity contribution in [2.24, 2.45) is 5.92 Å². The summed E-state index contributed by atoms with van der Waals surface area (Å²) >= 11 is 0. The average molecular weight is 458 g/mol. The first-order chi connectivity index (χ1) is 15.2. The summed E-state index contributed by atoms with van der Waals surface area (Å²) in [6.07, 6.45) is 0.259. The second-order valence-electron chi connectivity index (χ2n) is 8.34. The van der Waals surface area contributed by atoms with Crippen molar-refractivity contribution < 1.29 is 22.7 Å². The third-order valence-electron chi connectivity index (χ3n) is 6.07. The number of fused-ring (bicyclic) bond motifs is 1. The minimum Gasteiger partial charge on any atom is -0.479 e. The lowest BCUT2D eigenvalue weighted by atomic mass is 9.96. The predicted octanol–water partition coefficient (Wildman–Crippen LogP) is 3.06. The minimum absolute atomic E-state index is 0.0813. The van der Waals surface area contributed by atoms with Crippen LogP contribution in [0.15, 0.2) is 41.3 Å². The molecule has 2 N–H and O–H groups in total. The Kier molecular flexibility index (Phi) is 5.96. The van der Waals surface area contributed by atoms with Crippen molar-refractivity contribution >= 4 is 33.2 Å². The lowest BCUT2D eigenvalue weighted by Crippen LogP contribution is -2.41. The summed E-state index contributed by atoms with van der Waals surface area (Å²) in [5.74, 6) is -0.207. The number of carbonyl (C=O) groups excluding carboxylic acids is 2. The van der Waals surface area contributed by atoms with Gasteiger partial charge in [-0.15, -0.1) is 0 Å². The van der Waals surface area contributed by atoms with E-state index in [4.69, 9.17) is 4.74 Å². The van der Waals surface area contributed by atoms with Gasteiger partial charge in [-0.3, -0.25) is 9.59 Å². The van der Waals surface area contributed by atoms with Gasteiger partial charge in [0.25, 0.3) is 5.91 Å². The standard InChI is InChI=1S/C23H27N3O5S/c1-14-5-4-6-15(2)21(14)25-23(28)17-9-11-26(12-10-17)32(29,30)18-7-8-20-19(13-18)24-22(27)16(3)31-20/h4-8,13,16-17H,9-12H2,1-3H3,(H,24,27)(H,25,28). The summed E-state index contributed by atoms with van der Waals surface area (Å²) in [5.41, 5.74) is 3.16. The third-order valence-corrected chi connectivity index (χ3v) is 7.97. The summed E-state index contributed by atoms with van der Waals surface area (Å²) in [6.45, 7) is 6.03. The van der Waals surface area contributed by atoms with Crippen LogP contribution in [-0.4, -0.2) is 43.7 Å². The SMILES string of the molecule is Cc1cccc(C)c1NC(=O)C1CCN(S(=O)(=O)c2ccc3c(c2)NC(=O)C(C)O3)CC1. The molecule has 32 heavy (non-hydrogen) atoms. The lowest BCUT2D eigenvalue weighted by Gasteiger charge is -2.31. The molecule has 4 rings (SSSR count). The number of ether oxygens (including phenoxy) is 1. The quantitative estimate of drug-likeness (QED) is 0.734. The Labute approximate surface area is 188 Å². The van der Waals surface area contributed by atoms with Gasteiger partial charge >= 0.3 is 0 Å². The van der Waals surface area contributed by atoms with Crippen LogP contribution < -0.4 is 15.4 Å². The number of hydrogen-bond donors (Lipinski definition) is 2. The highest BCUT2D eigenvalue weighted by molar-refractivity contribution is 7.89. The highest BCUT2D eigenvalue weighted by atomic mass is 32.2. The van der Waals surface area contributed by atoms with Gasteiger partial charge in [-0.1, -0.05) is 18.2 Å². The Hall–Kier alpha value is -2.91. The maximum atomic E-state index is 13.1. The Morgan fingerprint density at radius 3 is 2.44 bits per heavy atom. The molecular formula is C23H27N3O5S. The monoisotopic (exact) mass is 457 g/mol. The van der Waals surface area contributed by atoms with Gasteiger partial charge in [0.15, 0.2) is 6.10 Å². The number of hydrogen-bond acceptors (Lipinski definition) is 5. The number of anilines is 2. The number of carbonyl (C=O) groups is 2. The lowest BCUT2D eigenvalue weighted by molar-refractivity contribution is -0.123. The maximum absolute atomic E-state index is 13.1. The van der Waals surface area contributed by atoms with Crippen LogP contribution in [0, 0.1) is 19.8 Å². The van der Waals surface area contributed by atoms with Crippen LogP contribution in [0.4, 0.5) is 11.4 Å². The maximum Gasteiger partial charge on any atom is 0.265 e. The number of nitrogens with zero attached hydrogens (tertiary/aromatic N) is 1. The van der Waals surface area contributed by atoms with Gasteiger partial charge in [-0.2, -0.15) is 4.31 Å². The van der Waals surface area contributed by atoms with Crippen LogP contribution in [0.3, 0.4) is 0 Å². The second-order valence-corrected chi connectivity index (χ2v) is 10.3. The van der Waals surface area contributed by atoms with Gasteiger partial charge in [-0.25, -0.2) is 8.42 Å². The Morgan fingerprint density at radius 1 is 1.12 bits per heavy atom. The highest BCUT2D eigenvalue weighted by Crippen LogP contribution is 2.34. The number of piperidine rings is 1. The van der Waals surface area contributed by atoms with Crippen LogP contribution >= 0.6 is 0 Å². The Bertz CT molecular complexity index is 1150. The van der Waals surface area contributed by atoms with E-state index in [-0.39, 0.29) is 35.7 Å². The van der Waals surface area contributed by atoms with Gasteiger partial charge in [0.2, 0.25) is 15.9 Å². The summed E-state index contributed by atoms with van der Waals surface area (Å²) in [7, 11) is -3.75. The predicted molar refractivity (Wildman–Crippen MR) is 121 cm³/mol. The van der Waals surface area contributed by atoms with Gasteiger partial charge in [0, 0.05) is 24.7 Å². The zero-order valence-corrected chi connectivity index (χ0v) is 19.2. The number of para-hydroxylation sites is 1. The van der Waals surface area contributed by atoms with Gasteiger partial charge < -0.3 is 15.4 Å². The third kappa shape index (κ3) is 4.22. The highest BCUT2D eigenvalue weighted by Gasteiger charge is 2.33. The van der Waals surface area contributed by atoms with Crippen molar-refractivity contribution in [1.82, 2.24) is 4.31 Å². The average Bonchev–Trinajstić information content (AvgIpc) is 2.77. The molecule has 2 aliphatic heterocycles. The molecule has 1 fully saturated rings.